The maximum Gasteiger partial charge on any atom is 0.331 e. The average molecular weight is 392 g/mol. The Morgan fingerprint density at radius 1 is 1.15 bits per heavy atom. The number of carboxylic acid groups (broad SMARTS) is 1. The molecule has 2 atom stereocenters. The lowest BCUT2D eigenvalue weighted by Crippen LogP contribution is -2.26. The summed E-state index contributed by atoms with van der Waals surface area (Å²) in [5.74, 6) is -1.38. The average Bonchev–Trinajstić information content (AvgIpc) is 2.61. The van der Waals surface area contributed by atoms with Gasteiger partial charge < -0.3 is 10.2 Å². The Labute approximate surface area is 154 Å². The van der Waals surface area contributed by atoms with E-state index in [0.717, 1.165) is 18.4 Å². The highest BCUT2D eigenvalue weighted by Crippen LogP contribution is 2.22. The van der Waals surface area contributed by atoms with E-state index in [1.165, 1.54) is 42.6 Å². The summed E-state index contributed by atoms with van der Waals surface area (Å²) in [6.45, 7) is 0. The molecule has 2 N–H and O–H groups in total. The van der Waals surface area contributed by atoms with Gasteiger partial charge in [-0.1, -0.05) is 12.1 Å². The van der Waals surface area contributed by atoms with Crippen LogP contribution in [0.4, 0.5) is 5.69 Å². The van der Waals surface area contributed by atoms with Crippen molar-refractivity contribution in [2.45, 2.75) is 17.0 Å². The Bertz CT molecular complexity index is 967. The van der Waals surface area contributed by atoms with E-state index in [2.05, 4.69) is 4.99 Å². The van der Waals surface area contributed by atoms with Gasteiger partial charge in [0.05, 0.1) is 9.82 Å². The van der Waals surface area contributed by atoms with E-state index in [9.17, 15) is 33.5 Å². The Kier molecular flexibility index (Phi) is 6.03. The quantitative estimate of drug-likeness (QED) is 0.413. The highest BCUT2D eigenvalue weighted by molar-refractivity contribution is 7.90. The lowest BCUT2D eigenvalue weighted by atomic mass is 10.0. The maximum atomic E-state index is 11.4. The van der Waals surface area contributed by atoms with Crippen molar-refractivity contribution in [2.75, 3.05) is 6.26 Å². The number of sulfone groups is 1. The van der Waals surface area contributed by atoms with E-state index in [-0.39, 0.29) is 16.1 Å². The first-order chi connectivity index (χ1) is 12.6. The standard InChI is InChI=1S/C17H16N2O7S/c1-27(25,26)14-8-2-11(3-9-14)10-18-15(17(21)22)16(20)12-4-6-13(7-5-12)19(23)24/h2-10,15-16,20H,1H3,(H,21,22)/t15-,16+/m1/s1. The van der Waals surface area contributed by atoms with Gasteiger partial charge in [0.1, 0.15) is 6.10 Å². The van der Waals surface area contributed by atoms with Crippen LogP contribution in [0.25, 0.3) is 0 Å². The van der Waals surface area contributed by atoms with Crippen LogP contribution in [0.1, 0.15) is 17.2 Å². The summed E-state index contributed by atoms with van der Waals surface area (Å²) >= 11 is 0. The van der Waals surface area contributed by atoms with Gasteiger partial charge in [-0.2, -0.15) is 0 Å². The molecule has 0 aromatic heterocycles. The van der Waals surface area contributed by atoms with Gasteiger partial charge in [-0.05, 0) is 35.4 Å². The number of non-ortho nitro benzene ring substituents is 1. The van der Waals surface area contributed by atoms with Crippen LogP contribution < -0.4 is 0 Å². The minimum atomic E-state index is -3.35. The van der Waals surface area contributed by atoms with Gasteiger partial charge in [-0.3, -0.25) is 15.1 Å². The number of aliphatic hydroxyl groups excluding tert-OH is 1. The number of hydrogen-bond acceptors (Lipinski definition) is 7. The number of aliphatic carboxylic acids is 1. The number of carboxylic acids is 1. The first-order valence-corrected chi connectivity index (χ1v) is 9.47. The number of nitro groups is 1. The molecule has 0 unspecified atom stereocenters. The van der Waals surface area contributed by atoms with Crippen molar-refractivity contribution in [2.24, 2.45) is 4.99 Å². The molecule has 0 bridgehead atoms. The van der Waals surface area contributed by atoms with Crippen LogP contribution in [-0.2, 0) is 14.6 Å². The van der Waals surface area contributed by atoms with Gasteiger partial charge in [0.15, 0.2) is 15.9 Å². The highest BCUT2D eigenvalue weighted by Gasteiger charge is 2.27. The number of nitro benzene ring substituents is 1. The minimum absolute atomic E-state index is 0.111. The molecule has 9 nitrogen and oxygen atoms in total. The van der Waals surface area contributed by atoms with Gasteiger partial charge in [-0.25, -0.2) is 13.2 Å². The fourth-order valence-corrected chi connectivity index (χ4v) is 2.85. The lowest BCUT2D eigenvalue weighted by Gasteiger charge is -2.15. The molecular formula is C17H16N2O7S. The number of nitrogens with zero attached hydrogens (tertiary/aromatic N) is 2. The van der Waals surface area contributed by atoms with Crippen LogP contribution in [0.15, 0.2) is 58.4 Å². The molecule has 0 fully saturated rings. The zero-order valence-corrected chi connectivity index (χ0v) is 14.9. The van der Waals surface area contributed by atoms with Gasteiger partial charge >= 0.3 is 5.97 Å². The Balaban J connectivity index is 2.22. The van der Waals surface area contributed by atoms with Gasteiger partial charge in [0.25, 0.3) is 5.69 Å². The SMILES string of the molecule is CS(=O)(=O)c1ccc(C=N[C@@H](C(=O)O)[C@@H](O)c2ccc([N+](=O)[O-])cc2)cc1. The number of rotatable bonds is 7. The molecule has 2 rings (SSSR count). The zero-order chi connectivity index (χ0) is 20.2. The molecule has 0 aliphatic carbocycles. The summed E-state index contributed by atoms with van der Waals surface area (Å²) < 4.78 is 22.9. The predicted octanol–water partition coefficient (Wildman–Crippen LogP) is 1.60. The third-order valence-corrected chi connectivity index (χ3v) is 4.82. The van der Waals surface area contributed by atoms with Crippen molar-refractivity contribution < 1.29 is 28.3 Å². The largest absolute Gasteiger partial charge is 0.480 e. The molecule has 0 aliphatic rings. The summed E-state index contributed by atoms with van der Waals surface area (Å²) in [5.41, 5.74) is 0.425. The summed E-state index contributed by atoms with van der Waals surface area (Å²) in [6, 6.07) is 8.92. The van der Waals surface area contributed by atoms with Crippen molar-refractivity contribution in [1.29, 1.82) is 0 Å². The fourth-order valence-electron chi connectivity index (χ4n) is 2.22. The van der Waals surface area contributed by atoms with Crippen molar-refractivity contribution in [1.82, 2.24) is 0 Å². The van der Waals surface area contributed by atoms with E-state index >= 15 is 0 Å². The summed E-state index contributed by atoms with van der Waals surface area (Å²) in [5, 5.41) is 30.2. The molecule has 10 heteroatoms. The Morgan fingerprint density at radius 2 is 1.70 bits per heavy atom. The summed E-state index contributed by atoms with van der Waals surface area (Å²) in [7, 11) is -3.35. The molecule has 2 aromatic rings. The van der Waals surface area contributed by atoms with Crippen LogP contribution in [0.5, 0.6) is 0 Å². The maximum absolute atomic E-state index is 11.4. The Morgan fingerprint density at radius 3 is 2.15 bits per heavy atom. The van der Waals surface area contributed by atoms with Crippen molar-refractivity contribution in [3.63, 3.8) is 0 Å². The molecule has 0 aliphatic heterocycles. The van der Waals surface area contributed by atoms with Gasteiger partial charge in [-0.15, -0.1) is 0 Å². The molecule has 142 valence electrons. The van der Waals surface area contributed by atoms with Crippen molar-refractivity contribution in [3.8, 4) is 0 Å². The minimum Gasteiger partial charge on any atom is -0.480 e. The smallest absolute Gasteiger partial charge is 0.331 e. The van der Waals surface area contributed by atoms with Crippen LogP contribution >= 0.6 is 0 Å². The number of aliphatic imine (C=N–C) groups is 1. The second-order valence-corrected chi connectivity index (χ2v) is 7.71. The van der Waals surface area contributed by atoms with E-state index in [1.807, 2.05) is 0 Å². The predicted molar refractivity (Wildman–Crippen MR) is 96.6 cm³/mol. The lowest BCUT2D eigenvalue weighted by molar-refractivity contribution is -0.384. The molecule has 0 radical (unpaired) electrons. The first-order valence-electron chi connectivity index (χ1n) is 7.58. The normalized spacial score (nSPS) is 14.0. The molecular weight excluding hydrogens is 376 g/mol. The number of aliphatic hydroxyl groups is 1. The number of carbonyl (C=O) groups is 1. The second-order valence-electron chi connectivity index (χ2n) is 5.70. The summed E-state index contributed by atoms with van der Waals surface area (Å²) in [4.78, 5) is 25.5. The molecule has 0 heterocycles. The van der Waals surface area contributed by atoms with Crippen LogP contribution in [0.3, 0.4) is 0 Å². The third-order valence-electron chi connectivity index (χ3n) is 3.69. The van der Waals surface area contributed by atoms with E-state index in [1.54, 1.807) is 0 Å². The van der Waals surface area contributed by atoms with Crippen LogP contribution in [-0.4, -0.2) is 48.0 Å². The van der Waals surface area contributed by atoms with E-state index < -0.39 is 32.9 Å². The van der Waals surface area contributed by atoms with Crippen molar-refractivity contribution >= 4 is 27.7 Å². The topological polar surface area (TPSA) is 147 Å². The van der Waals surface area contributed by atoms with E-state index in [4.69, 9.17) is 0 Å². The van der Waals surface area contributed by atoms with Gasteiger partial charge in [0.2, 0.25) is 0 Å². The van der Waals surface area contributed by atoms with E-state index in [0.29, 0.717) is 5.56 Å². The number of benzene rings is 2. The molecule has 2 aromatic carbocycles. The van der Waals surface area contributed by atoms with Gasteiger partial charge in [0, 0.05) is 24.6 Å². The van der Waals surface area contributed by atoms with Crippen molar-refractivity contribution in [3.05, 3.63) is 69.8 Å². The summed E-state index contributed by atoms with van der Waals surface area (Å²) in [6.07, 6.45) is 0.756. The van der Waals surface area contributed by atoms with Crippen LogP contribution in [0.2, 0.25) is 0 Å². The first kappa shape index (κ1) is 20.2. The fraction of sp³-hybridized carbons (Fsp3) is 0.176. The van der Waals surface area contributed by atoms with Crippen LogP contribution in [0, 0.1) is 10.1 Å². The molecule has 27 heavy (non-hydrogen) atoms. The molecule has 0 spiro atoms. The monoisotopic (exact) mass is 392 g/mol. The molecule has 0 saturated carbocycles. The molecule has 0 amide bonds. The number of hydrogen-bond donors (Lipinski definition) is 2. The second kappa shape index (κ2) is 8.06. The molecule has 0 saturated heterocycles. The zero-order valence-electron chi connectivity index (χ0n) is 14.1. The Hall–Kier alpha value is -3.11. The third kappa shape index (κ3) is 5.19. The highest BCUT2D eigenvalue weighted by atomic mass is 32.2.